The Labute approximate surface area is 108 Å². The van der Waals surface area contributed by atoms with E-state index >= 15 is 0 Å². The van der Waals surface area contributed by atoms with E-state index in [4.69, 9.17) is 5.84 Å². The minimum atomic E-state index is -0.844. The van der Waals surface area contributed by atoms with Gasteiger partial charge >= 0.3 is 0 Å². The number of benzene rings is 1. The fourth-order valence-electron chi connectivity index (χ4n) is 1.71. The zero-order valence-corrected chi connectivity index (χ0v) is 10.6. The van der Waals surface area contributed by atoms with Gasteiger partial charge in [0.25, 0.3) is 0 Å². The van der Waals surface area contributed by atoms with Gasteiger partial charge in [-0.05, 0) is 25.0 Å². The third-order valence-electron chi connectivity index (χ3n) is 2.64. The molecule has 18 heavy (non-hydrogen) atoms. The van der Waals surface area contributed by atoms with E-state index in [9.17, 15) is 8.78 Å². The summed E-state index contributed by atoms with van der Waals surface area (Å²) in [4.78, 5) is 5.02. The van der Waals surface area contributed by atoms with Gasteiger partial charge in [-0.25, -0.2) is 13.8 Å². The molecule has 1 aromatic carbocycles. The van der Waals surface area contributed by atoms with Crippen molar-refractivity contribution in [2.75, 3.05) is 0 Å². The summed E-state index contributed by atoms with van der Waals surface area (Å²) in [7, 11) is 0. The first kappa shape index (κ1) is 13.1. The largest absolute Gasteiger partial charge is 0.271 e. The van der Waals surface area contributed by atoms with Crippen molar-refractivity contribution >= 4 is 11.3 Å². The molecule has 96 valence electrons. The molecular formula is C12H13F2N3S. The van der Waals surface area contributed by atoms with Crippen LogP contribution < -0.4 is 11.3 Å². The van der Waals surface area contributed by atoms with Crippen LogP contribution >= 0.6 is 11.3 Å². The molecule has 1 atom stereocenters. The van der Waals surface area contributed by atoms with Gasteiger partial charge < -0.3 is 0 Å². The average molecular weight is 269 g/mol. The summed E-state index contributed by atoms with van der Waals surface area (Å²) in [5, 5.41) is 0.907. The molecule has 1 heterocycles. The van der Waals surface area contributed by atoms with Crippen molar-refractivity contribution in [2.45, 2.75) is 19.4 Å². The fourth-order valence-corrected chi connectivity index (χ4v) is 2.55. The third kappa shape index (κ3) is 2.72. The van der Waals surface area contributed by atoms with Crippen LogP contribution in [0.2, 0.25) is 0 Å². The Morgan fingerprint density at radius 3 is 2.83 bits per heavy atom. The van der Waals surface area contributed by atoms with Gasteiger partial charge in [-0.1, -0.05) is 12.1 Å². The smallest absolute Gasteiger partial charge is 0.162 e. The lowest BCUT2D eigenvalue weighted by atomic mass is 10.0. The highest BCUT2D eigenvalue weighted by Crippen LogP contribution is 2.24. The molecule has 0 saturated heterocycles. The molecule has 0 amide bonds. The molecule has 0 aliphatic carbocycles. The number of aromatic nitrogens is 1. The van der Waals surface area contributed by atoms with Gasteiger partial charge in [-0.2, -0.15) is 0 Å². The lowest BCUT2D eigenvalue weighted by Crippen LogP contribution is -2.29. The third-order valence-corrected chi connectivity index (χ3v) is 3.67. The zero-order chi connectivity index (χ0) is 13.1. The highest BCUT2D eigenvalue weighted by Gasteiger charge is 2.17. The number of aryl methyl sites for hydroxylation is 1. The second kappa shape index (κ2) is 5.51. The Kier molecular flexibility index (Phi) is 4.00. The Hall–Kier alpha value is -1.37. The van der Waals surface area contributed by atoms with Crippen LogP contribution in [0.4, 0.5) is 8.78 Å². The minimum absolute atomic E-state index is 0.271. The molecule has 2 rings (SSSR count). The van der Waals surface area contributed by atoms with E-state index in [2.05, 4.69) is 10.4 Å². The van der Waals surface area contributed by atoms with Crippen LogP contribution in [0.15, 0.2) is 24.4 Å². The van der Waals surface area contributed by atoms with Crippen molar-refractivity contribution in [1.82, 2.24) is 10.4 Å². The monoisotopic (exact) mass is 269 g/mol. The van der Waals surface area contributed by atoms with Gasteiger partial charge in [0, 0.05) is 11.1 Å². The Morgan fingerprint density at radius 1 is 1.44 bits per heavy atom. The van der Waals surface area contributed by atoms with E-state index < -0.39 is 11.6 Å². The van der Waals surface area contributed by atoms with Gasteiger partial charge in [0.1, 0.15) is 0 Å². The fraction of sp³-hybridized carbons (Fsp3) is 0.250. The first-order valence-corrected chi connectivity index (χ1v) is 6.25. The predicted molar refractivity (Wildman–Crippen MR) is 67.0 cm³/mol. The summed E-state index contributed by atoms with van der Waals surface area (Å²) < 4.78 is 26.7. The van der Waals surface area contributed by atoms with Crippen LogP contribution in [-0.2, 0) is 6.42 Å². The number of nitrogens with one attached hydrogen (secondary N) is 1. The average Bonchev–Trinajstić information content (AvgIpc) is 2.78. The van der Waals surface area contributed by atoms with Gasteiger partial charge in [0.15, 0.2) is 11.6 Å². The number of nitrogens with zero attached hydrogens (tertiary/aromatic N) is 1. The molecule has 0 fully saturated rings. The van der Waals surface area contributed by atoms with E-state index in [1.807, 2.05) is 6.92 Å². The number of nitrogens with two attached hydrogens (primary N) is 1. The van der Waals surface area contributed by atoms with Gasteiger partial charge in [0.2, 0.25) is 0 Å². The number of hydrazine groups is 1. The molecule has 2 aromatic rings. The summed E-state index contributed by atoms with van der Waals surface area (Å²) >= 11 is 1.48. The van der Waals surface area contributed by atoms with Crippen LogP contribution in [0, 0.1) is 18.6 Å². The topological polar surface area (TPSA) is 50.9 Å². The van der Waals surface area contributed by atoms with Crippen molar-refractivity contribution in [2.24, 2.45) is 5.84 Å². The number of rotatable bonds is 4. The van der Waals surface area contributed by atoms with Gasteiger partial charge in [0.05, 0.1) is 11.0 Å². The van der Waals surface area contributed by atoms with Gasteiger partial charge in [-0.3, -0.25) is 11.3 Å². The SMILES string of the molecule is Cc1ncc(C(Cc2cccc(F)c2F)NN)s1. The molecule has 1 unspecified atom stereocenters. The summed E-state index contributed by atoms with van der Waals surface area (Å²) in [6, 6.07) is 3.86. The number of hydrogen-bond acceptors (Lipinski definition) is 4. The van der Waals surface area contributed by atoms with E-state index in [0.717, 1.165) is 16.0 Å². The van der Waals surface area contributed by atoms with Crippen molar-refractivity contribution in [3.63, 3.8) is 0 Å². The number of thiazole rings is 1. The lowest BCUT2D eigenvalue weighted by molar-refractivity contribution is 0.483. The van der Waals surface area contributed by atoms with Crippen LogP contribution in [-0.4, -0.2) is 4.98 Å². The molecule has 3 nitrogen and oxygen atoms in total. The van der Waals surface area contributed by atoms with E-state index in [1.165, 1.54) is 17.4 Å². The quantitative estimate of drug-likeness (QED) is 0.662. The number of halogens is 2. The maximum Gasteiger partial charge on any atom is 0.162 e. The molecule has 0 aliphatic heterocycles. The Morgan fingerprint density at radius 2 is 2.22 bits per heavy atom. The molecule has 0 radical (unpaired) electrons. The summed E-state index contributed by atoms with van der Waals surface area (Å²) in [5.74, 6) is 3.80. The highest BCUT2D eigenvalue weighted by molar-refractivity contribution is 7.11. The first-order valence-electron chi connectivity index (χ1n) is 5.43. The molecule has 6 heteroatoms. The lowest BCUT2D eigenvalue weighted by Gasteiger charge is -2.14. The predicted octanol–water partition coefficient (Wildman–Crippen LogP) is 2.48. The highest BCUT2D eigenvalue weighted by atomic mass is 32.1. The zero-order valence-electron chi connectivity index (χ0n) is 9.78. The van der Waals surface area contributed by atoms with Crippen LogP contribution in [0.1, 0.15) is 21.5 Å². The van der Waals surface area contributed by atoms with Crippen LogP contribution in [0.25, 0.3) is 0 Å². The van der Waals surface area contributed by atoms with Crippen molar-refractivity contribution in [3.05, 3.63) is 51.5 Å². The molecule has 0 bridgehead atoms. The molecule has 0 spiro atoms. The Balaban J connectivity index is 2.23. The summed E-state index contributed by atoms with van der Waals surface area (Å²) in [6.07, 6.45) is 1.98. The van der Waals surface area contributed by atoms with E-state index in [0.29, 0.717) is 5.56 Å². The number of hydrogen-bond donors (Lipinski definition) is 2. The Bertz CT molecular complexity index is 542. The maximum absolute atomic E-state index is 13.6. The molecule has 0 aliphatic rings. The van der Waals surface area contributed by atoms with Crippen molar-refractivity contribution < 1.29 is 8.78 Å². The molecule has 1 aromatic heterocycles. The molecular weight excluding hydrogens is 256 g/mol. The molecule has 3 N–H and O–H groups in total. The van der Waals surface area contributed by atoms with Crippen LogP contribution in [0.5, 0.6) is 0 Å². The van der Waals surface area contributed by atoms with E-state index in [1.54, 1.807) is 12.3 Å². The summed E-state index contributed by atoms with van der Waals surface area (Å²) in [5.41, 5.74) is 2.90. The second-order valence-corrected chi connectivity index (χ2v) is 5.18. The van der Waals surface area contributed by atoms with Crippen molar-refractivity contribution in [3.8, 4) is 0 Å². The normalized spacial score (nSPS) is 12.7. The molecule has 0 saturated carbocycles. The van der Waals surface area contributed by atoms with Gasteiger partial charge in [-0.15, -0.1) is 11.3 Å². The standard InChI is InChI=1S/C12H13F2N3S/c1-7-16-6-11(18-7)10(17-15)5-8-3-2-4-9(13)12(8)14/h2-4,6,10,17H,5,15H2,1H3. The minimum Gasteiger partial charge on any atom is -0.271 e. The maximum atomic E-state index is 13.6. The van der Waals surface area contributed by atoms with E-state index in [-0.39, 0.29) is 12.5 Å². The first-order chi connectivity index (χ1) is 8.61. The van der Waals surface area contributed by atoms with Crippen molar-refractivity contribution in [1.29, 1.82) is 0 Å². The second-order valence-electron chi connectivity index (χ2n) is 3.92. The van der Waals surface area contributed by atoms with Crippen LogP contribution in [0.3, 0.4) is 0 Å². The summed E-state index contributed by atoms with van der Waals surface area (Å²) in [6.45, 7) is 1.88.